The lowest BCUT2D eigenvalue weighted by molar-refractivity contribution is -0.142. The smallest absolute Gasteiger partial charge is 0.310 e. The van der Waals surface area contributed by atoms with E-state index in [4.69, 9.17) is 14.2 Å². The maximum Gasteiger partial charge on any atom is 0.310 e. The Labute approximate surface area is 78.5 Å². The van der Waals surface area contributed by atoms with Crippen LogP contribution in [0.3, 0.4) is 0 Å². The molecule has 0 saturated heterocycles. The van der Waals surface area contributed by atoms with Crippen molar-refractivity contribution < 1.29 is 19.0 Å². The number of carbonyl (C=O) groups is 1. The zero-order chi connectivity index (χ0) is 10.3. The van der Waals surface area contributed by atoms with Crippen LogP contribution in [0.15, 0.2) is 11.5 Å². The maximum absolute atomic E-state index is 11.0. The molecule has 0 aliphatic carbocycles. The molecular formula is C9H16O4. The molecule has 0 amide bonds. The first-order valence-electron chi connectivity index (χ1n) is 4.09. The fraction of sp³-hybridized carbons (Fsp3) is 0.667. The van der Waals surface area contributed by atoms with Gasteiger partial charge in [0.25, 0.3) is 5.95 Å². The Hall–Kier alpha value is -1.19. The van der Waals surface area contributed by atoms with Gasteiger partial charge in [-0.05, 0) is 13.8 Å². The fourth-order valence-electron chi connectivity index (χ4n) is 0.932. The number of ether oxygens (including phenoxy) is 3. The quantitative estimate of drug-likeness (QED) is 0.484. The van der Waals surface area contributed by atoms with E-state index in [1.54, 1.807) is 13.8 Å². The van der Waals surface area contributed by atoms with Gasteiger partial charge in [-0.2, -0.15) is 0 Å². The number of hydrogen-bond donors (Lipinski definition) is 0. The number of esters is 1. The molecule has 0 radical (unpaired) electrons. The minimum absolute atomic E-state index is 0.199. The van der Waals surface area contributed by atoms with Crippen LogP contribution in [0.4, 0.5) is 0 Å². The van der Waals surface area contributed by atoms with Gasteiger partial charge in [0.1, 0.15) is 0 Å². The van der Waals surface area contributed by atoms with E-state index in [1.807, 2.05) is 0 Å². The van der Waals surface area contributed by atoms with E-state index in [2.05, 4.69) is 0 Å². The van der Waals surface area contributed by atoms with Crippen molar-refractivity contribution in [1.29, 1.82) is 0 Å². The van der Waals surface area contributed by atoms with Crippen molar-refractivity contribution in [2.24, 2.45) is 0 Å². The van der Waals surface area contributed by atoms with E-state index in [1.165, 1.54) is 14.2 Å². The second-order valence-corrected chi connectivity index (χ2v) is 2.46. The van der Waals surface area contributed by atoms with Crippen LogP contribution in [0.5, 0.6) is 0 Å². The minimum Gasteiger partial charge on any atom is -0.469 e. The summed E-state index contributed by atoms with van der Waals surface area (Å²) < 4.78 is 14.5. The van der Waals surface area contributed by atoms with Crippen molar-refractivity contribution in [2.45, 2.75) is 20.3 Å². The standard InChI is InChI=1S/C9H16O4/c1-5-13-8(10)6-7(2)9(11-3)12-4/h5-6H2,1-4H3. The molecule has 0 bridgehead atoms. The van der Waals surface area contributed by atoms with Gasteiger partial charge in [-0.1, -0.05) is 0 Å². The van der Waals surface area contributed by atoms with Crippen LogP contribution in [-0.2, 0) is 19.0 Å². The normalized spacial score (nSPS) is 8.92. The Kier molecular flexibility index (Phi) is 5.76. The molecule has 13 heavy (non-hydrogen) atoms. The molecule has 0 aliphatic rings. The minimum atomic E-state index is -0.272. The van der Waals surface area contributed by atoms with Crippen LogP contribution < -0.4 is 0 Å². The highest BCUT2D eigenvalue weighted by atomic mass is 16.7. The molecule has 0 unspecified atom stereocenters. The molecule has 0 rings (SSSR count). The van der Waals surface area contributed by atoms with Crippen molar-refractivity contribution in [3.8, 4) is 0 Å². The summed E-state index contributed by atoms with van der Waals surface area (Å²) in [6.45, 7) is 3.92. The third-order valence-corrected chi connectivity index (χ3v) is 1.43. The van der Waals surface area contributed by atoms with Gasteiger partial charge in [0.2, 0.25) is 0 Å². The predicted molar refractivity (Wildman–Crippen MR) is 48.0 cm³/mol. The van der Waals surface area contributed by atoms with Crippen LogP contribution in [0.25, 0.3) is 0 Å². The summed E-state index contributed by atoms with van der Waals surface area (Å²) in [4.78, 5) is 11.0. The van der Waals surface area contributed by atoms with E-state index in [9.17, 15) is 4.79 Å². The third kappa shape index (κ3) is 4.40. The highest BCUT2D eigenvalue weighted by Crippen LogP contribution is 2.10. The van der Waals surface area contributed by atoms with E-state index in [0.717, 1.165) is 5.57 Å². The van der Waals surface area contributed by atoms with Crippen molar-refractivity contribution in [1.82, 2.24) is 0 Å². The Morgan fingerprint density at radius 3 is 2.15 bits per heavy atom. The molecule has 4 heteroatoms. The molecular weight excluding hydrogens is 172 g/mol. The van der Waals surface area contributed by atoms with Crippen LogP contribution in [0, 0.1) is 0 Å². The first-order chi connectivity index (χ1) is 6.15. The van der Waals surface area contributed by atoms with Gasteiger partial charge in [-0.15, -0.1) is 0 Å². The molecule has 0 saturated carbocycles. The number of carbonyl (C=O) groups excluding carboxylic acids is 1. The number of rotatable bonds is 5. The lowest BCUT2D eigenvalue weighted by atomic mass is 10.2. The molecule has 0 fully saturated rings. The predicted octanol–water partition coefficient (Wildman–Crippen LogP) is 1.46. The van der Waals surface area contributed by atoms with E-state index < -0.39 is 0 Å². The molecule has 4 nitrogen and oxygen atoms in total. The molecule has 0 atom stereocenters. The van der Waals surface area contributed by atoms with Crippen LogP contribution in [0.2, 0.25) is 0 Å². The molecule has 0 aromatic rings. The Morgan fingerprint density at radius 2 is 1.77 bits per heavy atom. The molecule has 0 heterocycles. The number of methoxy groups -OCH3 is 2. The SMILES string of the molecule is CCOC(=O)CC(C)=C(OC)OC. The van der Waals surface area contributed by atoms with Crippen molar-refractivity contribution in [3.63, 3.8) is 0 Å². The van der Waals surface area contributed by atoms with Gasteiger partial charge in [0.05, 0.1) is 27.2 Å². The third-order valence-electron chi connectivity index (χ3n) is 1.43. The fourth-order valence-corrected chi connectivity index (χ4v) is 0.932. The van der Waals surface area contributed by atoms with Gasteiger partial charge in [-0.3, -0.25) is 4.79 Å². The van der Waals surface area contributed by atoms with Crippen LogP contribution in [-0.4, -0.2) is 26.8 Å². The summed E-state index contributed by atoms with van der Waals surface area (Å²) in [7, 11) is 2.99. The summed E-state index contributed by atoms with van der Waals surface area (Å²) in [6.07, 6.45) is 0.199. The molecule has 0 aromatic heterocycles. The molecule has 0 aliphatic heterocycles. The van der Waals surface area contributed by atoms with Gasteiger partial charge in [0.15, 0.2) is 0 Å². The summed E-state index contributed by atoms with van der Waals surface area (Å²) in [5.41, 5.74) is 0.725. The van der Waals surface area contributed by atoms with E-state index >= 15 is 0 Å². The molecule has 76 valence electrons. The Balaban J connectivity index is 4.17. The maximum atomic E-state index is 11.0. The topological polar surface area (TPSA) is 44.8 Å². The second-order valence-electron chi connectivity index (χ2n) is 2.46. The summed E-state index contributed by atoms with van der Waals surface area (Å²) in [5.74, 6) is 0.0969. The van der Waals surface area contributed by atoms with Gasteiger partial charge >= 0.3 is 5.97 Å². The van der Waals surface area contributed by atoms with E-state index in [0.29, 0.717) is 12.6 Å². The first kappa shape index (κ1) is 11.8. The van der Waals surface area contributed by atoms with Crippen LogP contribution >= 0.6 is 0 Å². The first-order valence-corrected chi connectivity index (χ1v) is 4.09. The highest BCUT2D eigenvalue weighted by Gasteiger charge is 2.08. The zero-order valence-corrected chi connectivity index (χ0v) is 8.55. The monoisotopic (exact) mass is 188 g/mol. The van der Waals surface area contributed by atoms with Gasteiger partial charge < -0.3 is 14.2 Å². The summed E-state index contributed by atoms with van der Waals surface area (Å²) >= 11 is 0. The van der Waals surface area contributed by atoms with Crippen molar-refractivity contribution in [2.75, 3.05) is 20.8 Å². The van der Waals surface area contributed by atoms with Crippen molar-refractivity contribution in [3.05, 3.63) is 11.5 Å². The highest BCUT2D eigenvalue weighted by molar-refractivity contribution is 5.72. The van der Waals surface area contributed by atoms with Crippen LogP contribution in [0.1, 0.15) is 20.3 Å². The Bertz CT molecular complexity index is 190. The largest absolute Gasteiger partial charge is 0.469 e. The molecule has 0 aromatic carbocycles. The molecule has 0 N–H and O–H groups in total. The Morgan fingerprint density at radius 1 is 1.23 bits per heavy atom. The number of hydrogen-bond acceptors (Lipinski definition) is 4. The average Bonchev–Trinajstić information content (AvgIpc) is 2.06. The lowest BCUT2D eigenvalue weighted by Gasteiger charge is -2.08. The zero-order valence-electron chi connectivity index (χ0n) is 8.55. The van der Waals surface area contributed by atoms with E-state index in [-0.39, 0.29) is 12.4 Å². The van der Waals surface area contributed by atoms with Gasteiger partial charge in [0, 0.05) is 5.57 Å². The second kappa shape index (κ2) is 6.34. The van der Waals surface area contributed by atoms with Crippen molar-refractivity contribution >= 4 is 5.97 Å². The van der Waals surface area contributed by atoms with Gasteiger partial charge in [-0.25, -0.2) is 0 Å². The summed E-state index contributed by atoms with van der Waals surface area (Å²) in [6, 6.07) is 0. The lowest BCUT2D eigenvalue weighted by Crippen LogP contribution is -2.06. The summed E-state index contributed by atoms with van der Waals surface area (Å²) in [5, 5.41) is 0. The average molecular weight is 188 g/mol. The molecule has 0 spiro atoms.